The Morgan fingerprint density at radius 1 is 1.38 bits per heavy atom. The monoisotopic (exact) mass is 394 g/mol. The Morgan fingerprint density at radius 2 is 2.23 bits per heavy atom. The third-order valence-corrected chi connectivity index (χ3v) is 7.19. The molecule has 0 spiro atoms. The zero-order chi connectivity index (χ0) is 18.3. The fourth-order valence-corrected chi connectivity index (χ4v) is 5.36. The first-order valence-corrected chi connectivity index (χ1v) is 10.6. The van der Waals surface area contributed by atoms with Gasteiger partial charge in [-0.15, -0.1) is 21.5 Å². The highest BCUT2D eigenvalue weighted by atomic mass is 32.2. The van der Waals surface area contributed by atoms with E-state index in [0.717, 1.165) is 17.0 Å². The number of nitrogens with zero attached hydrogens (tertiary/aromatic N) is 6. The highest BCUT2D eigenvalue weighted by molar-refractivity contribution is 7.89. The lowest BCUT2D eigenvalue weighted by atomic mass is 10.2. The van der Waals surface area contributed by atoms with Crippen LogP contribution in [0.5, 0.6) is 0 Å². The third kappa shape index (κ3) is 2.85. The second-order valence-corrected chi connectivity index (χ2v) is 8.76. The normalized spacial score (nSPS) is 18.6. The van der Waals surface area contributed by atoms with Gasteiger partial charge in [0, 0.05) is 19.3 Å². The van der Waals surface area contributed by atoms with Gasteiger partial charge in [-0.2, -0.15) is 9.40 Å². The van der Waals surface area contributed by atoms with E-state index in [1.165, 1.54) is 21.8 Å². The van der Waals surface area contributed by atoms with Gasteiger partial charge >= 0.3 is 0 Å². The highest BCUT2D eigenvalue weighted by Crippen LogP contribution is 2.37. The molecule has 26 heavy (non-hydrogen) atoms. The predicted octanol–water partition coefficient (Wildman–Crippen LogP) is 2.24. The van der Waals surface area contributed by atoms with Crippen LogP contribution >= 0.6 is 11.3 Å². The van der Waals surface area contributed by atoms with E-state index >= 15 is 0 Å². The molecular formula is C15H18N6O3S2. The Balaban J connectivity index is 1.65. The van der Waals surface area contributed by atoms with Crippen molar-refractivity contribution in [1.82, 2.24) is 29.3 Å². The number of thiazole rings is 1. The van der Waals surface area contributed by atoms with Gasteiger partial charge in [0.05, 0.1) is 17.4 Å². The zero-order valence-corrected chi connectivity index (χ0v) is 16.0. The van der Waals surface area contributed by atoms with E-state index in [0.29, 0.717) is 31.3 Å². The largest absolute Gasteiger partial charge is 0.418 e. The van der Waals surface area contributed by atoms with Crippen LogP contribution in [0.4, 0.5) is 0 Å². The molecule has 3 aromatic heterocycles. The van der Waals surface area contributed by atoms with Crippen LogP contribution in [0.2, 0.25) is 0 Å². The Morgan fingerprint density at radius 3 is 2.92 bits per heavy atom. The standard InChI is InChI=1S/C15H18N6O3S2/c1-3-20-8-11(7-17-20)26(22,23)21-6-4-5-12(21)14-18-19-15(24-14)13-10(2)16-9-25-13/h7-9,12H,3-6H2,1-2H3/t12-/m0/s1. The molecule has 0 N–H and O–H groups in total. The minimum absolute atomic E-state index is 0.185. The van der Waals surface area contributed by atoms with Crippen LogP contribution in [-0.4, -0.2) is 44.2 Å². The topological polar surface area (TPSA) is 107 Å². The number of sulfonamides is 1. The van der Waals surface area contributed by atoms with Gasteiger partial charge in [0.1, 0.15) is 15.8 Å². The molecule has 0 unspecified atom stereocenters. The first-order chi connectivity index (χ1) is 12.5. The number of aryl methyl sites for hydroxylation is 2. The molecule has 0 amide bonds. The van der Waals surface area contributed by atoms with Crippen LogP contribution in [0.25, 0.3) is 10.8 Å². The molecule has 1 saturated heterocycles. The maximum Gasteiger partial charge on any atom is 0.259 e. The average Bonchev–Trinajstić information content (AvgIpc) is 3.38. The predicted molar refractivity (Wildman–Crippen MR) is 93.9 cm³/mol. The second kappa shape index (κ2) is 6.56. The van der Waals surface area contributed by atoms with E-state index in [1.807, 2.05) is 13.8 Å². The zero-order valence-electron chi connectivity index (χ0n) is 14.4. The molecule has 1 atom stereocenters. The maximum atomic E-state index is 13.0. The van der Waals surface area contributed by atoms with Crippen LogP contribution in [0, 0.1) is 6.92 Å². The lowest BCUT2D eigenvalue weighted by molar-refractivity contribution is 0.332. The Labute approximate surface area is 154 Å². The molecule has 0 saturated carbocycles. The van der Waals surface area contributed by atoms with Crippen molar-refractivity contribution in [3.63, 3.8) is 0 Å². The summed E-state index contributed by atoms with van der Waals surface area (Å²) in [5.74, 6) is 0.694. The highest BCUT2D eigenvalue weighted by Gasteiger charge is 2.40. The van der Waals surface area contributed by atoms with E-state index in [-0.39, 0.29) is 4.90 Å². The van der Waals surface area contributed by atoms with Gasteiger partial charge in [-0.3, -0.25) is 4.68 Å². The number of hydrogen-bond donors (Lipinski definition) is 0. The van der Waals surface area contributed by atoms with E-state index in [1.54, 1.807) is 16.4 Å². The molecule has 0 aromatic carbocycles. The van der Waals surface area contributed by atoms with Crippen LogP contribution in [-0.2, 0) is 16.6 Å². The quantitative estimate of drug-likeness (QED) is 0.653. The summed E-state index contributed by atoms with van der Waals surface area (Å²) in [5.41, 5.74) is 2.53. The number of aromatic nitrogens is 5. The van der Waals surface area contributed by atoms with Gasteiger partial charge in [0.2, 0.25) is 15.9 Å². The average molecular weight is 394 g/mol. The minimum atomic E-state index is -3.67. The molecule has 138 valence electrons. The van der Waals surface area contributed by atoms with Gasteiger partial charge in [0.15, 0.2) is 0 Å². The first-order valence-electron chi connectivity index (χ1n) is 8.29. The lowest BCUT2D eigenvalue weighted by Gasteiger charge is -2.20. The van der Waals surface area contributed by atoms with Crippen LogP contribution in [0.15, 0.2) is 27.2 Å². The SMILES string of the molecule is CCn1cc(S(=O)(=O)N2CCC[C@H]2c2nnc(-c3scnc3C)o2)cn1. The summed E-state index contributed by atoms with van der Waals surface area (Å²) < 4.78 is 34.8. The van der Waals surface area contributed by atoms with Gasteiger partial charge in [-0.25, -0.2) is 13.4 Å². The summed E-state index contributed by atoms with van der Waals surface area (Å²) >= 11 is 1.42. The van der Waals surface area contributed by atoms with Crippen molar-refractivity contribution in [2.75, 3.05) is 6.54 Å². The molecule has 11 heteroatoms. The summed E-state index contributed by atoms with van der Waals surface area (Å²) in [6.07, 6.45) is 4.31. The Kier molecular flexibility index (Phi) is 4.37. The van der Waals surface area contributed by atoms with Crippen molar-refractivity contribution in [2.24, 2.45) is 0 Å². The van der Waals surface area contributed by atoms with Gasteiger partial charge in [-0.05, 0) is 26.7 Å². The van der Waals surface area contributed by atoms with Crippen molar-refractivity contribution >= 4 is 21.4 Å². The fraction of sp³-hybridized carbons (Fsp3) is 0.467. The molecule has 3 aromatic rings. The van der Waals surface area contributed by atoms with E-state index in [4.69, 9.17) is 4.42 Å². The third-order valence-electron chi connectivity index (χ3n) is 4.41. The number of hydrogen-bond acceptors (Lipinski definition) is 8. The Hall–Kier alpha value is -2.11. The minimum Gasteiger partial charge on any atom is -0.418 e. The van der Waals surface area contributed by atoms with E-state index in [2.05, 4.69) is 20.3 Å². The molecule has 0 bridgehead atoms. The molecule has 4 heterocycles. The molecule has 0 radical (unpaired) electrons. The summed E-state index contributed by atoms with van der Waals surface area (Å²) in [6, 6.07) is -0.459. The molecule has 1 aliphatic rings. The summed E-state index contributed by atoms with van der Waals surface area (Å²) in [4.78, 5) is 5.17. The summed E-state index contributed by atoms with van der Waals surface area (Å²) in [7, 11) is -3.67. The second-order valence-electron chi connectivity index (χ2n) is 6.02. The molecule has 0 aliphatic carbocycles. The van der Waals surface area contributed by atoms with Gasteiger partial charge in [-0.1, -0.05) is 0 Å². The maximum absolute atomic E-state index is 13.0. The van der Waals surface area contributed by atoms with Crippen LogP contribution in [0.3, 0.4) is 0 Å². The van der Waals surface area contributed by atoms with Crippen molar-refractivity contribution < 1.29 is 12.8 Å². The molecule has 4 rings (SSSR count). The van der Waals surface area contributed by atoms with Crippen LogP contribution < -0.4 is 0 Å². The summed E-state index contributed by atoms with van der Waals surface area (Å²) in [5, 5.41) is 12.3. The van der Waals surface area contributed by atoms with Crippen molar-refractivity contribution in [2.45, 2.75) is 44.2 Å². The van der Waals surface area contributed by atoms with Crippen LogP contribution in [0.1, 0.15) is 37.4 Å². The Bertz CT molecular complexity index is 1020. The van der Waals surface area contributed by atoms with Gasteiger partial charge < -0.3 is 4.42 Å². The van der Waals surface area contributed by atoms with Crippen molar-refractivity contribution in [1.29, 1.82) is 0 Å². The summed E-state index contributed by atoms with van der Waals surface area (Å²) in [6.45, 7) is 4.80. The number of rotatable bonds is 5. The smallest absolute Gasteiger partial charge is 0.259 e. The molecule has 1 fully saturated rings. The first kappa shape index (κ1) is 17.3. The molecule has 9 nitrogen and oxygen atoms in total. The fourth-order valence-electron chi connectivity index (χ4n) is 3.03. The molecule has 1 aliphatic heterocycles. The molecular weight excluding hydrogens is 376 g/mol. The van der Waals surface area contributed by atoms with Crippen molar-refractivity contribution in [3.8, 4) is 10.8 Å². The van der Waals surface area contributed by atoms with Crippen molar-refractivity contribution in [3.05, 3.63) is 29.5 Å². The lowest BCUT2D eigenvalue weighted by Crippen LogP contribution is -2.30. The van der Waals surface area contributed by atoms with E-state index in [9.17, 15) is 8.42 Å². The van der Waals surface area contributed by atoms with E-state index < -0.39 is 16.1 Å². The van der Waals surface area contributed by atoms with Gasteiger partial charge in [0.25, 0.3) is 5.89 Å².